The van der Waals surface area contributed by atoms with E-state index in [0.717, 1.165) is 105 Å². The minimum absolute atomic E-state index is 0.863. The van der Waals surface area contributed by atoms with Crippen LogP contribution in [-0.2, 0) is 0 Å². The van der Waals surface area contributed by atoms with Gasteiger partial charge in [-0.2, -0.15) is 0 Å². The Kier molecular flexibility index (Phi) is 7.92. The summed E-state index contributed by atoms with van der Waals surface area (Å²) in [6, 6.07) is 59.0. The second kappa shape index (κ2) is 13.4. The van der Waals surface area contributed by atoms with E-state index in [2.05, 4.69) is 208 Å². The fraction of sp³-hybridized carbons (Fsp3) is 0.0909. The second-order valence-corrected chi connectivity index (χ2v) is 16.1. The van der Waals surface area contributed by atoms with E-state index in [0.29, 0.717) is 0 Å². The van der Waals surface area contributed by atoms with Crippen molar-refractivity contribution in [3.8, 4) is 0 Å². The first kappa shape index (κ1) is 34.9. The van der Waals surface area contributed by atoms with Gasteiger partial charge in [0.25, 0.3) is 0 Å². The number of para-hydroxylation sites is 4. The smallest absolute Gasteiger partial charge is 0.139 e. The van der Waals surface area contributed by atoms with E-state index in [1.54, 1.807) is 0 Å². The fourth-order valence-corrected chi connectivity index (χ4v) is 9.17. The topological polar surface area (TPSA) is 32.8 Å². The number of nitrogens with zero attached hydrogens (tertiary/aromatic N) is 2. The molecule has 4 nitrogen and oxygen atoms in total. The maximum atomic E-state index is 6.80. The van der Waals surface area contributed by atoms with E-state index in [9.17, 15) is 0 Å². The lowest BCUT2D eigenvalue weighted by Crippen LogP contribution is -2.12. The van der Waals surface area contributed by atoms with Gasteiger partial charge in [0.2, 0.25) is 0 Å². The van der Waals surface area contributed by atoms with Crippen LogP contribution in [0, 0.1) is 34.6 Å². The largest absolute Gasteiger partial charge is 0.456 e. The van der Waals surface area contributed by atoms with Crippen molar-refractivity contribution in [3.05, 3.63) is 192 Å². The number of benzene rings is 9. The first-order valence-electron chi connectivity index (χ1n) is 20.3. The second-order valence-electron chi connectivity index (χ2n) is 16.1. The zero-order chi connectivity index (χ0) is 39.9. The van der Waals surface area contributed by atoms with E-state index in [1.165, 1.54) is 22.3 Å². The minimum Gasteiger partial charge on any atom is -0.456 e. The average Bonchev–Trinajstić information content (AvgIpc) is 3.79. The van der Waals surface area contributed by atoms with Crippen LogP contribution in [0.1, 0.15) is 27.8 Å². The van der Waals surface area contributed by atoms with E-state index in [1.807, 2.05) is 0 Å². The average molecular weight is 763 g/mol. The van der Waals surface area contributed by atoms with Gasteiger partial charge in [-0.25, -0.2) is 0 Å². The molecule has 2 heterocycles. The van der Waals surface area contributed by atoms with Crippen molar-refractivity contribution in [2.24, 2.45) is 0 Å². The zero-order valence-electron chi connectivity index (χ0n) is 33.8. The predicted molar refractivity (Wildman–Crippen MR) is 249 cm³/mol. The number of furan rings is 2. The molecule has 0 saturated heterocycles. The Morgan fingerprint density at radius 2 is 0.729 bits per heavy atom. The maximum Gasteiger partial charge on any atom is 0.139 e. The standard InChI is InChI=1S/C55H42N2O2/c1-33-14-6-10-18-46(33)56(47-19-11-7-15-34(47)2)42-24-22-38-29-44-50(31-40(38)27-42)58-52-26-37(5)55-54(53(44)52)45-30-39-23-25-43(28-41(39)32-51(45)59-55)57(48-20-12-8-16-35(48)3)49-21-13-9-17-36(49)4/h6-32H,1-5H3. The summed E-state index contributed by atoms with van der Waals surface area (Å²) in [5.74, 6) is 0. The molecule has 4 heteroatoms. The number of hydrogen-bond acceptors (Lipinski definition) is 4. The molecule has 11 aromatic rings. The van der Waals surface area contributed by atoms with Crippen molar-refractivity contribution < 1.29 is 8.83 Å². The molecule has 0 bridgehead atoms. The van der Waals surface area contributed by atoms with Gasteiger partial charge in [0, 0.05) is 55.7 Å². The van der Waals surface area contributed by atoms with Crippen molar-refractivity contribution in [1.29, 1.82) is 0 Å². The number of rotatable bonds is 6. The monoisotopic (exact) mass is 762 g/mol. The van der Waals surface area contributed by atoms with Crippen LogP contribution in [0.4, 0.5) is 34.1 Å². The summed E-state index contributed by atoms with van der Waals surface area (Å²) in [4.78, 5) is 4.74. The number of aryl methyl sites for hydroxylation is 5. The van der Waals surface area contributed by atoms with Crippen LogP contribution in [-0.4, -0.2) is 0 Å². The lowest BCUT2D eigenvalue weighted by Gasteiger charge is -2.28. The highest BCUT2D eigenvalue weighted by Crippen LogP contribution is 2.46. The fourth-order valence-electron chi connectivity index (χ4n) is 9.17. The first-order valence-corrected chi connectivity index (χ1v) is 20.3. The summed E-state index contributed by atoms with van der Waals surface area (Å²) in [7, 11) is 0. The molecule has 0 N–H and O–H groups in total. The Balaban J connectivity index is 1.08. The molecule has 2 aromatic heterocycles. The van der Waals surface area contributed by atoms with Crippen molar-refractivity contribution in [2.45, 2.75) is 34.6 Å². The van der Waals surface area contributed by atoms with E-state index >= 15 is 0 Å². The molecule has 0 atom stereocenters. The molecule has 0 unspecified atom stereocenters. The van der Waals surface area contributed by atoms with Crippen molar-refractivity contribution in [1.82, 2.24) is 0 Å². The van der Waals surface area contributed by atoms with Gasteiger partial charge in [0.05, 0.1) is 0 Å². The molecule has 0 spiro atoms. The van der Waals surface area contributed by atoms with Crippen LogP contribution < -0.4 is 9.80 Å². The zero-order valence-corrected chi connectivity index (χ0v) is 33.8. The van der Waals surface area contributed by atoms with Crippen LogP contribution >= 0.6 is 0 Å². The van der Waals surface area contributed by atoms with Crippen molar-refractivity contribution in [3.63, 3.8) is 0 Å². The molecule has 9 aromatic carbocycles. The first-order chi connectivity index (χ1) is 28.8. The molecule has 59 heavy (non-hydrogen) atoms. The van der Waals surface area contributed by atoms with Gasteiger partial charge in [-0.05, 0) is 163 Å². The summed E-state index contributed by atoms with van der Waals surface area (Å²) in [6.45, 7) is 10.8. The van der Waals surface area contributed by atoms with E-state index in [-0.39, 0.29) is 0 Å². The minimum atomic E-state index is 0.863. The molecular weight excluding hydrogens is 721 g/mol. The number of anilines is 6. The summed E-state index contributed by atoms with van der Waals surface area (Å²) >= 11 is 0. The summed E-state index contributed by atoms with van der Waals surface area (Å²) in [6.07, 6.45) is 0. The lowest BCUT2D eigenvalue weighted by atomic mass is 9.99. The highest BCUT2D eigenvalue weighted by Gasteiger charge is 2.22. The highest BCUT2D eigenvalue weighted by atomic mass is 16.3. The Morgan fingerprint density at radius 3 is 1.17 bits per heavy atom. The van der Waals surface area contributed by atoms with Crippen LogP contribution in [0.15, 0.2) is 173 Å². The highest BCUT2D eigenvalue weighted by molar-refractivity contribution is 6.28. The molecule has 0 fully saturated rings. The SMILES string of the molecule is Cc1ccccc1N(c1ccc2cc3c(cc2c1)oc1cc(C)c2oc4cc5cc(N(c6ccccc6C)c6ccccc6C)ccc5cc4c2c13)c1ccccc1C. The van der Waals surface area contributed by atoms with E-state index < -0.39 is 0 Å². The molecular formula is C55H42N2O2. The van der Waals surface area contributed by atoms with Crippen molar-refractivity contribution >= 4 is 99.5 Å². The Labute approximate surface area is 343 Å². The quantitative estimate of drug-likeness (QED) is 0.169. The van der Waals surface area contributed by atoms with E-state index in [4.69, 9.17) is 8.83 Å². The van der Waals surface area contributed by atoms with Gasteiger partial charge in [-0.1, -0.05) is 84.9 Å². The van der Waals surface area contributed by atoms with Gasteiger partial charge in [-0.3, -0.25) is 0 Å². The van der Waals surface area contributed by atoms with Crippen LogP contribution in [0.2, 0.25) is 0 Å². The third-order valence-electron chi connectivity index (χ3n) is 12.2. The van der Waals surface area contributed by atoms with Gasteiger partial charge < -0.3 is 18.6 Å². The van der Waals surface area contributed by atoms with Crippen LogP contribution in [0.3, 0.4) is 0 Å². The molecule has 0 amide bonds. The lowest BCUT2D eigenvalue weighted by molar-refractivity contribution is 0.660. The molecule has 0 aliphatic heterocycles. The van der Waals surface area contributed by atoms with Crippen LogP contribution in [0.5, 0.6) is 0 Å². The molecule has 0 saturated carbocycles. The maximum absolute atomic E-state index is 6.80. The van der Waals surface area contributed by atoms with Crippen LogP contribution in [0.25, 0.3) is 65.4 Å². The Hall–Kier alpha value is -7.30. The predicted octanol–water partition coefficient (Wildman–Crippen LogP) is 16.3. The molecule has 284 valence electrons. The normalized spacial score (nSPS) is 11.8. The van der Waals surface area contributed by atoms with Crippen molar-refractivity contribution in [2.75, 3.05) is 9.80 Å². The van der Waals surface area contributed by atoms with Gasteiger partial charge in [-0.15, -0.1) is 0 Å². The Bertz CT molecular complexity index is 3390. The number of hydrogen-bond donors (Lipinski definition) is 0. The summed E-state index contributed by atoms with van der Waals surface area (Å²) < 4.78 is 13.5. The molecule has 0 radical (unpaired) electrons. The third-order valence-corrected chi connectivity index (χ3v) is 12.2. The third kappa shape index (κ3) is 5.59. The molecule has 0 aliphatic carbocycles. The number of fused-ring (bicyclic) bond motifs is 9. The van der Waals surface area contributed by atoms with Gasteiger partial charge in [0.15, 0.2) is 0 Å². The van der Waals surface area contributed by atoms with Gasteiger partial charge >= 0.3 is 0 Å². The summed E-state index contributed by atoms with van der Waals surface area (Å²) in [5, 5.41) is 8.93. The Morgan fingerprint density at radius 1 is 0.322 bits per heavy atom. The van der Waals surface area contributed by atoms with Gasteiger partial charge in [0.1, 0.15) is 22.3 Å². The molecule has 0 aliphatic rings. The summed E-state index contributed by atoms with van der Waals surface area (Å²) in [5.41, 5.74) is 16.3. The molecule has 11 rings (SSSR count).